The van der Waals surface area contributed by atoms with Crippen molar-refractivity contribution in [1.82, 2.24) is 10.2 Å². The number of anilines is 1. The Balaban J connectivity index is 1.84. The number of hydrogen-bond donors (Lipinski definition) is 1. The van der Waals surface area contributed by atoms with Gasteiger partial charge in [-0.2, -0.15) is 0 Å². The third-order valence-corrected chi connectivity index (χ3v) is 3.42. The highest BCUT2D eigenvalue weighted by atomic mass is 35.5. The van der Waals surface area contributed by atoms with E-state index in [9.17, 15) is 4.79 Å². The van der Waals surface area contributed by atoms with Crippen LogP contribution in [0.25, 0.3) is 0 Å². The summed E-state index contributed by atoms with van der Waals surface area (Å²) in [6.45, 7) is 0. The number of alkyl halides is 1. The fraction of sp³-hybridized carbons (Fsp3) is 0.667. The third kappa shape index (κ3) is 3.14. The number of halogens is 1. The quantitative estimate of drug-likeness (QED) is 0.811. The van der Waals surface area contributed by atoms with Gasteiger partial charge in [-0.15, -0.1) is 21.8 Å². The Hall–Kier alpha value is -0.680. The van der Waals surface area contributed by atoms with Gasteiger partial charge in [0.1, 0.15) is 5.01 Å². The van der Waals surface area contributed by atoms with Gasteiger partial charge in [0.15, 0.2) is 0 Å². The number of aromatic nitrogens is 2. The van der Waals surface area contributed by atoms with Crippen LogP contribution in [0.1, 0.15) is 36.6 Å². The zero-order valence-electron chi connectivity index (χ0n) is 8.20. The van der Waals surface area contributed by atoms with Crippen molar-refractivity contribution in [1.29, 1.82) is 0 Å². The van der Waals surface area contributed by atoms with Gasteiger partial charge in [0.05, 0.1) is 0 Å². The van der Waals surface area contributed by atoms with Gasteiger partial charge in [0, 0.05) is 18.2 Å². The van der Waals surface area contributed by atoms with Gasteiger partial charge < -0.3 is 5.32 Å². The van der Waals surface area contributed by atoms with Crippen LogP contribution in [0, 0.1) is 0 Å². The van der Waals surface area contributed by atoms with Gasteiger partial charge >= 0.3 is 0 Å². The number of nitrogens with one attached hydrogen (secondary N) is 1. The van der Waals surface area contributed by atoms with Crippen molar-refractivity contribution in [2.24, 2.45) is 0 Å². The van der Waals surface area contributed by atoms with E-state index in [-0.39, 0.29) is 5.91 Å². The van der Waals surface area contributed by atoms with E-state index < -0.39 is 0 Å². The SMILES string of the molecule is O=C(CCCCl)Nc1nnc(C2CC2)s1. The minimum atomic E-state index is -0.0332. The van der Waals surface area contributed by atoms with E-state index in [1.165, 1.54) is 24.2 Å². The van der Waals surface area contributed by atoms with Gasteiger partial charge in [-0.25, -0.2) is 0 Å². The van der Waals surface area contributed by atoms with Crippen LogP contribution in [0.2, 0.25) is 0 Å². The smallest absolute Gasteiger partial charge is 0.226 e. The molecule has 1 aromatic rings. The summed E-state index contributed by atoms with van der Waals surface area (Å²) in [5.74, 6) is 1.07. The number of carbonyl (C=O) groups is 1. The maximum absolute atomic E-state index is 11.3. The van der Waals surface area contributed by atoms with Crippen molar-refractivity contribution < 1.29 is 4.79 Å². The summed E-state index contributed by atoms with van der Waals surface area (Å²) < 4.78 is 0. The lowest BCUT2D eigenvalue weighted by molar-refractivity contribution is -0.116. The van der Waals surface area contributed by atoms with E-state index in [1.54, 1.807) is 0 Å². The molecule has 0 saturated heterocycles. The zero-order valence-corrected chi connectivity index (χ0v) is 9.77. The van der Waals surface area contributed by atoms with E-state index in [2.05, 4.69) is 15.5 Å². The molecule has 0 atom stereocenters. The van der Waals surface area contributed by atoms with Gasteiger partial charge in [-0.1, -0.05) is 11.3 Å². The maximum Gasteiger partial charge on any atom is 0.226 e. The number of nitrogens with zero attached hydrogens (tertiary/aromatic N) is 2. The molecule has 0 aliphatic heterocycles. The summed E-state index contributed by atoms with van der Waals surface area (Å²) in [7, 11) is 0. The lowest BCUT2D eigenvalue weighted by Gasteiger charge is -1.97. The lowest BCUT2D eigenvalue weighted by atomic mass is 10.3. The van der Waals surface area contributed by atoms with Crippen molar-refractivity contribution in [3.63, 3.8) is 0 Å². The molecule has 1 heterocycles. The average molecular weight is 246 g/mol. The number of hydrogen-bond acceptors (Lipinski definition) is 4. The number of rotatable bonds is 5. The Morgan fingerprint density at radius 2 is 2.33 bits per heavy atom. The number of amides is 1. The predicted molar refractivity (Wildman–Crippen MR) is 60.5 cm³/mol. The topological polar surface area (TPSA) is 54.9 Å². The maximum atomic E-state index is 11.3. The Kier molecular flexibility index (Phi) is 3.53. The predicted octanol–water partition coefficient (Wildman–Crippen LogP) is 2.37. The second kappa shape index (κ2) is 4.90. The first kappa shape index (κ1) is 10.8. The largest absolute Gasteiger partial charge is 0.301 e. The third-order valence-electron chi connectivity index (χ3n) is 2.15. The molecule has 15 heavy (non-hydrogen) atoms. The molecule has 1 amide bonds. The lowest BCUT2D eigenvalue weighted by Crippen LogP contribution is -2.10. The molecular weight excluding hydrogens is 234 g/mol. The molecule has 6 heteroatoms. The second-order valence-electron chi connectivity index (χ2n) is 3.56. The van der Waals surface area contributed by atoms with Crippen LogP contribution >= 0.6 is 22.9 Å². The monoisotopic (exact) mass is 245 g/mol. The average Bonchev–Trinajstić information content (AvgIpc) is 2.98. The normalized spacial score (nSPS) is 15.3. The molecule has 1 N–H and O–H groups in total. The van der Waals surface area contributed by atoms with Crippen LogP contribution in [0.5, 0.6) is 0 Å². The Morgan fingerprint density at radius 3 is 3.00 bits per heavy atom. The van der Waals surface area contributed by atoms with Crippen molar-refractivity contribution in [2.45, 2.75) is 31.6 Å². The molecular formula is C9H12ClN3OS. The highest BCUT2D eigenvalue weighted by molar-refractivity contribution is 7.15. The number of carbonyl (C=O) groups excluding carboxylic acids is 1. The molecule has 4 nitrogen and oxygen atoms in total. The van der Waals surface area contributed by atoms with E-state index >= 15 is 0 Å². The first-order chi connectivity index (χ1) is 7.29. The standard InChI is InChI=1S/C9H12ClN3OS/c10-5-1-2-7(14)11-9-13-12-8(15-9)6-3-4-6/h6H,1-5H2,(H,11,13,14). The minimum Gasteiger partial charge on any atom is -0.301 e. The van der Waals surface area contributed by atoms with E-state index in [1.807, 2.05) is 0 Å². The van der Waals surface area contributed by atoms with E-state index in [4.69, 9.17) is 11.6 Å². The Bertz CT molecular complexity index is 351. The molecule has 1 aliphatic carbocycles. The highest BCUT2D eigenvalue weighted by Crippen LogP contribution is 2.41. The van der Waals surface area contributed by atoms with Crippen molar-refractivity contribution >= 4 is 34.0 Å². The summed E-state index contributed by atoms with van der Waals surface area (Å²) >= 11 is 6.98. The van der Waals surface area contributed by atoms with Crippen LogP contribution < -0.4 is 5.32 Å². The van der Waals surface area contributed by atoms with Gasteiger partial charge in [-0.05, 0) is 19.3 Å². The van der Waals surface area contributed by atoms with Gasteiger partial charge in [-0.3, -0.25) is 4.79 Å². The molecule has 0 bridgehead atoms. The van der Waals surface area contributed by atoms with Crippen LogP contribution in [-0.4, -0.2) is 22.0 Å². The molecule has 2 rings (SSSR count). The first-order valence-electron chi connectivity index (χ1n) is 4.99. The van der Waals surface area contributed by atoms with Gasteiger partial charge in [0.2, 0.25) is 11.0 Å². The molecule has 0 spiro atoms. The molecule has 0 aromatic carbocycles. The highest BCUT2D eigenvalue weighted by Gasteiger charge is 2.27. The molecule has 1 aromatic heterocycles. The fourth-order valence-electron chi connectivity index (χ4n) is 1.19. The van der Waals surface area contributed by atoms with Crippen molar-refractivity contribution in [3.05, 3.63) is 5.01 Å². The van der Waals surface area contributed by atoms with Crippen LogP contribution in [0.4, 0.5) is 5.13 Å². The minimum absolute atomic E-state index is 0.0332. The summed E-state index contributed by atoms with van der Waals surface area (Å²) in [6, 6.07) is 0. The molecule has 0 radical (unpaired) electrons. The second-order valence-corrected chi connectivity index (χ2v) is 4.95. The van der Waals surface area contributed by atoms with E-state index in [0.717, 1.165) is 5.01 Å². The van der Waals surface area contributed by atoms with Crippen LogP contribution in [0.15, 0.2) is 0 Å². The summed E-state index contributed by atoms with van der Waals surface area (Å²) in [5.41, 5.74) is 0. The van der Waals surface area contributed by atoms with Crippen LogP contribution in [-0.2, 0) is 4.79 Å². The van der Waals surface area contributed by atoms with Crippen molar-refractivity contribution in [2.75, 3.05) is 11.2 Å². The summed E-state index contributed by atoms with van der Waals surface area (Å²) in [5, 5.41) is 12.3. The first-order valence-corrected chi connectivity index (χ1v) is 6.34. The van der Waals surface area contributed by atoms with E-state index in [0.29, 0.717) is 29.8 Å². The van der Waals surface area contributed by atoms with Crippen molar-refractivity contribution in [3.8, 4) is 0 Å². The Morgan fingerprint density at radius 1 is 1.53 bits per heavy atom. The van der Waals surface area contributed by atoms with Gasteiger partial charge in [0.25, 0.3) is 0 Å². The molecule has 1 aliphatic rings. The molecule has 1 saturated carbocycles. The molecule has 82 valence electrons. The fourth-order valence-corrected chi connectivity index (χ4v) is 2.25. The Labute approximate surface area is 97.0 Å². The summed E-state index contributed by atoms with van der Waals surface area (Å²) in [6.07, 6.45) is 3.55. The zero-order chi connectivity index (χ0) is 10.7. The summed E-state index contributed by atoms with van der Waals surface area (Å²) in [4.78, 5) is 11.3. The van der Waals surface area contributed by atoms with Crippen LogP contribution in [0.3, 0.4) is 0 Å². The molecule has 0 unspecified atom stereocenters. The molecule has 1 fully saturated rings.